The fourth-order valence-corrected chi connectivity index (χ4v) is 6.19. The molecule has 41 heavy (non-hydrogen) atoms. The molecule has 3 aliphatic rings. The Morgan fingerprint density at radius 1 is 0.659 bits per heavy atom. The van der Waals surface area contributed by atoms with Crippen LogP contribution in [0.1, 0.15) is 107 Å². The van der Waals surface area contributed by atoms with Crippen LogP contribution in [-0.4, -0.2) is 17.7 Å². The van der Waals surface area contributed by atoms with Gasteiger partial charge in [0, 0.05) is 11.5 Å². The quantitative estimate of drug-likeness (QED) is 0.188. The molecule has 0 unspecified atom stereocenters. The van der Waals surface area contributed by atoms with Crippen molar-refractivity contribution in [3.05, 3.63) is 59.2 Å². The van der Waals surface area contributed by atoms with Crippen LogP contribution in [0.3, 0.4) is 0 Å². The lowest BCUT2D eigenvalue weighted by Gasteiger charge is -2.19. The number of Topliss-reactive ketones (excluding diaryl/α,β-unsaturated/α-hetero) is 1. The third kappa shape index (κ3) is 9.59. The Bertz CT molecular complexity index is 1200. The number of carbonyl (C=O) groups excluding carboxylic acids is 3. The fraction of sp³-hybridized carbons (Fsp3) is 0.528. The molecular weight excluding hydrogens is 512 g/mol. The minimum absolute atomic E-state index is 0.00803. The number of rotatable bonds is 8. The maximum absolute atomic E-state index is 12.4. The van der Waals surface area contributed by atoms with Crippen LogP contribution < -0.4 is 9.47 Å². The van der Waals surface area contributed by atoms with Gasteiger partial charge >= 0.3 is 11.9 Å². The number of ether oxygens (including phenoxy) is 2. The van der Waals surface area contributed by atoms with Crippen molar-refractivity contribution in [3.63, 3.8) is 0 Å². The van der Waals surface area contributed by atoms with E-state index in [0.717, 1.165) is 88.2 Å². The fourth-order valence-electron chi connectivity index (χ4n) is 6.19. The van der Waals surface area contributed by atoms with Crippen LogP contribution in [0.15, 0.2) is 42.5 Å². The van der Waals surface area contributed by atoms with E-state index in [-0.39, 0.29) is 23.8 Å². The summed E-state index contributed by atoms with van der Waals surface area (Å²) < 4.78 is 11.2. The molecule has 3 aliphatic carbocycles. The number of hydrogen-bond acceptors (Lipinski definition) is 5. The summed E-state index contributed by atoms with van der Waals surface area (Å²) in [5, 5.41) is 0. The summed E-state index contributed by atoms with van der Waals surface area (Å²) in [7, 11) is 0. The van der Waals surface area contributed by atoms with Crippen molar-refractivity contribution in [3.8, 4) is 23.8 Å². The van der Waals surface area contributed by atoms with E-state index < -0.39 is 0 Å². The van der Waals surface area contributed by atoms with Crippen molar-refractivity contribution < 1.29 is 23.9 Å². The molecule has 5 rings (SSSR count). The molecular formula is C36H44O5. The summed E-state index contributed by atoms with van der Waals surface area (Å²) in [6, 6.07) is 13.4. The van der Waals surface area contributed by atoms with E-state index in [1.54, 1.807) is 13.0 Å². The average Bonchev–Trinajstić information content (AvgIpc) is 3.73. The standard InChI is InChI=1S/C29H32O4.C7H12O/c1-2-21-18-23(20-27(19-21)33-29(31)25-10-6-7-11-25)13-12-22-14-16-26(17-15-22)32-28(30)24-8-4-3-5-9-24;1-6(8)7-4-2-3-5-7/h1,14-20,24-25H,3-13H2;7H,2-5H2,1H3. The third-order valence-corrected chi connectivity index (χ3v) is 8.75. The second-order valence-electron chi connectivity index (χ2n) is 11.9. The molecule has 3 saturated carbocycles. The van der Waals surface area contributed by atoms with Gasteiger partial charge in [-0.2, -0.15) is 0 Å². The number of esters is 2. The molecule has 218 valence electrons. The van der Waals surface area contributed by atoms with Crippen molar-refractivity contribution in [2.75, 3.05) is 0 Å². The molecule has 5 heteroatoms. The maximum atomic E-state index is 12.4. The van der Waals surface area contributed by atoms with Gasteiger partial charge in [-0.3, -0.25) is 14.4 Å². The number of carbonyl (C=O) groups is 3. The first kappa shape index (κ1) is 30.6. The van der Waals surface area contributed by atoms with E-state index in [0.29, 0.717) is 28.8 Å². The average molecular weight is 557 g/mol. The lowest BCUT2D eigenvalue weighted by atomic mass is 9.89. The highest BCUT2D eigenvalue weighted by Crippen LogP contribution is 2.29. The lowest BCUT2D eigenvalue weighted by molar-refractivity contribution is -0.140. The van der Waals surface area contributed by atoms with Crippen LogP contribution in [0.4, 0.5) is 0 Å². The van der Waals surface area contributed by atoms with E-state index in [1.807, 2.05) is 36.4 Å². The van der Waals surface area contributed by atoms with Crippen LogP contribution in [-0.2, 0) is 27.2 Å². The number of aryl methyl sites for hydroxylation is 2. The Kier molecular flexibility index (Phi) is 11.6. The molecule has 0 N–H and O–H groups in total. The van der Waals surface area contributed by atoms with Crippen LogP contribution in [0.25, 0.3) is 0 Å². The molecule has 0 spiro atoms. The van der Waals surface area contributed by atoms with E-state index in [4.69, 9.17) is 15.9 Å². The molecule has 2 aromatic rings. The second kappa shape index (κ2) is 15.6. The summed E-state index contributed by atoms with van der Waals surface area (Å²) in [4.78, 5) is 35.4. The highest BCUT2D eigenvalue weighted by atomic mass is 16.5. The van der Waals surface area contributed by atoms with Crippen LogP contribution in [0.5, 0.6) is 11.5 Å². The van der Waals surface area contributed by atoms with Gasteiger partial charge in [0.25, 0.3) is 0 Å². The second-order valence-corrected chi connectivity index (χ2v) is 11.9. The molecule has 5 nitrogen and oxygen atoms in total. The van der Waals surface area contributed by atoms with Gasteiger partial charge in [-0.25, -0.2) is 0 Å². The van der Waals surface area contributed by atoms with E-state index >= 15 is 0 Å². The first-order valence-electron chi connectivity index (χ1n) is 15.5. The van der Waals surface area contributed by atoms with Gasteiger partial charge in [-0.15, -0.1) is 6.42 Å². The Morgan fingerprint density at radius 3 is 1.66 bits per heavy atom. The monoisotopic (exact) mass is 556 g/mol. The molecule has 3 fully saturated rings. The van der Waals surface area contributed by atoms with E-state index in [2.05, 4.69) is 5.92 Å². The highest BCUT2D eigenvalue weighted by Gasteiger charge is 2.25. The Balaban J connectivity index is 0.000000417. The zero-order valence-electron chi connectivity index (χ0n) is 24.5. The topological polar surface area (TPSA) is 69.7 Å². The van der Waals surface area contributed by atoms with Gasteiger partial charge in [0.1, 0.15) is 17.3 Å². The van der Waals surface area contributed by atoms with Gasteiger partial charge in [0.2, 0.25) is 0 Å². The number of hydrogen-bond donors (Lipinski definition) is 0. The first-order valence-corrected chi connectivity index (χ1v) is 15.5. The molecule has 0 heterocycles. The summed E-state index contributed by atoms with van der Waals surface area (Å²) >= 11 is 0. The van der Waals surface area contributed by atoms with Crippen molar-refractivity contribution in [1.82, 2.24) is 0 Å². The molecule has 0 saturated heterocycles. The van der Waals surface area contributed by atoms with Gasteiger partial charge in [0.15, 0.2) is 0 Å². The minimum atomic E-state index is -0.147. The number of terminal acetylenes is 1. The number of ketones is 1. The van der Waals surface area contributed by atoms with Crippen LogP contribution in [0.2, 0.25) is 0 Å². The van der Waals surface area contributed by atoms with Gasteiger partial charge in [0.05, 0.1) is 11.8 Å². The number of benzene rings is 2. The molecule has 0 aliphatic heterocycles. The summed E-state index contributed by atoms with van der Waals surface area (Å²) in [5.74, 6) is 4.41. The SMILES string of the molecule is C#Cc1cc(CCc2ccc(OC(=O)C3CCCCC3)cc2)cc(OC(=O)C2CCCC2)c1.CC(=O)C1CCCC1. The third-order valence-electron chi connectivity index (χ3n) is 8.75. The van der Waals surface area contributed by atoms with Crippen LogP contribution >= 0.6 is 0 Å². The predicted octanol–water partition coefficient (Wildman–Crippen LogP) is 7.80. The van der Waals surface area contributed by atoms with Crippen molar-refractivity contribution >= 4 is 17.7 Å². The molecule has 2 aromatic carbocycles. The summed E-state index contributed by atoms with van der Waals surface area (Å²) in [6.45, 7) is 1.70. The highest BCUT2D eigenvalue weighted by molar-refractivity contribution is 5.78. The summed E-state index contributed by atoms with van der Waals surface area (Å²) in [5.41, 5.74) is 2.89. The Hall–Kier alpha value is -3.39. The predicted molar refractivity (Wildman–Crippen MR) is 161 cm³/mol. The molecule has 0 aromatic heterocycles. The molecule has 0 amide bonds. The normalized spacial score (nSPS) is 17.8. The van der Waals surface area contributed by atoms with Crippen molar-refractivity contribution in [2.45, 2.75) is 103 Å². The molecule has 0 bridgehead atoms. The van der Waals surface area contributed by atoms with E-state index in [1.165, 1.54) is 19.3 Å². The van der Waals surface area contributed by atoms with Crippen LogP contribution in [0, 0.1) is 30.1 Å². The maximum Gasteiger partial charge on any atom is 0.314 e. The largest absolute Gasteiger partial charge is 0.426 e. The first-order chi connectivity index (χ1) is 19.9. The zero-order valence-corrected chi connectivity index (χ0v) is 24.5. The Labute approximate surface area is 245 Å². The van der Waals surface area contributed by atoms with Crippen molar-refractivity contribution in [1.29, 1.82) is 0 Å². The minimum Gasteiger partial charge on any atom is -0.426 e. The van der Waals surface area contributed by atoms with Gasteiger partial charge < -0.3 is 9.47 Å². The Morgan fingerprint density at radius 2 is 1.15 bits per heavy atom. The van der Waals surface area contributed by atoms with Crippen molar-refractivity contribution in [2.24, 2.45) is 17.8 Å². The van der Waals surface area contributed by atoms with Gasteiger partial charge in [-0.1, -0.05) is 63.0 Å². The summed E-state index contributed by atoms with van der Waals surface area (Å²) in [6.07, 6.45) is 21.3. The zero-order chi connectivity index (χ0) is 29.0. The molecule has 0 radical (unpaired) electrons. The lowest BCUT2D eigenvalue weighted by Crippen LogP contribution is -2.22. The van der Waals surface area contributed by atoms with Gasteiger partial charge in [-0.05, 0) is 99.7 Å². The smallest absolute Gasteiger partial charge is 0.314 e. The molecule has 0 atom stereocenters. The van der Waals surface area contributed by atoms with E-state index in [9.17, 15) is 14.4 Å².